The molecule has 1 aromatic rings. The van der Waals surface area contributed by atoms with Gasteiger partial charge in [0.05, 0.1) is 11.2 Å². The summed E-state index contributed by atoms with van der Waals surface area (Å²) >= 11 is 0. The highest BCUT2D eigenvalue weighted by Crippen LogP contribution is 2.36. The van der Waals surface area contributed by atoms with Crippen LogP contribution in [0.3, 0.4) is 0 Å². The first-order valence-corrected chi connectivity index (χ1v) is 7.88. The Balaban J connectivity index is 2.03. The third-order valence-electron chi connectivity index (χ3n) is 4.56. The molecule has 0 saturated carbocycles. The summed E-state index contributed by atoms with van der Waals surface area (Å²) in [6, 6.07) is 8.59. The number of hydrogen-bond acceptors (Lipinski definition) is 3. The molecule has 0 aliphatic carbocycles. The highest BCUT2D eigenvalue weighted by atomic mass is 16.7. The summed E-state index contributed by atoms with van der Waals surface area (Å²) in [5.41, 5.74) is 1.86. The van der Waals surface area contributed by atoms with Crippen molar-refractivity contribution in [2.75, 3.05) is 13.6 Å². The smallest absolute Gasteiger partial charge is 0.399 e. The fourth-order valence-corrected chi connectivity index (χ4v) is 2.53. The Labute approximate surface area is 129 Å². The quantitative estimate of drug-likeness (QED) is 0.778. The van der Waals surface area contributed by atoms with E-state index in [0.717, 1.165) is 18.6 Å². The van der Waals surface area contributed by atoms with Gasteiger partial charge in [-0.3, -0.25) is 0 Å². The molecule has 0 aromatic heterocycles. The molecule has 1 saturated heterocycles. The van der Waals surface area contributed by atoms with Gasteiger partial charge in [0.15, 0.2) is 0 Å². The lowest BCUT2D eigenvalue weighted by Crippen LogP contribution is -2.41. The lowest BCUT2D eigenvalue weighted by molar-refractivity contribution is 0.00578. The average Bonchev–Trinajstić information content (AvgIpc) is 2.59. The van der Waals surface area contributed by atoms with Crippen LogP contribution in [0.4, 0.5) is 0 Å². The first-order chi connectivity index (χ1) is 9.75. The van der Waals surface area contributed by atoms with E-state index in [4.69, 9.17) is 9.31 Å². The SMILES string of the molecule is CCCN(C)Cc1ccc(B2OC(C)(C)C(C)(C)O2)cc1. The zero-order valence-electron chi connectivity index (χ0n) is 14.3. The van der Waals surface area contributed by atoms with Crippen molar-refractivity contribution in [1.29, 1.82) is 0 Å². The van der Waals surface area contributed by atoms with Crippen LogP contribution in [-0.2, 0) is 15.9 Å². The summed E-state index contributed by atoms with van der Waals surface area (Å²) in [7, 11) is 1.89. The minimum atomic E-state index is -0.280. The van der Waals surface area contributed by atoms with E-state index in [1.165, 1.54) is 12.0 Å². The van der Waals surface area contributed by atoms with Crippen LogP contribution in [0.2, 0.25) is 0 Å². The minimum Gasteiger partial charge on any atom is -0.399 e. The molecular weight excluding hydrogens is 261 g/mol. The molecule has 21 heavy (non-hydrogen) atoms. The van der Waals surface area contributed by atoms with Crippen LogP contribution in [0.25, 0.3) is 0 Å². The van der Waals surface area contributed by atoms with Crippen LogP contribution in [0, 0.1) is 0 Å². The number of benzene rings is 1. The van der Waals surface area contributed by atoms with E-state index < -0.39 is 0 Å². The molecule has 1 aromatic carbocycles. The van der Waals surface area contributed by atoms with Gasteiger partial charge in [-0.1, -0.05) is 31.2 Å². The van der Waals surface area contributed by atoms with Crippen LogP contribution in [0.5, 0.6) is 0 Å². The molecule has 116 valence electrons. The van der Waals surface area contributed by atoms with Gasteiger partial charge < -0.3 is 14.2 Å². The largest absolute Gasteiger partial charge is 0.494 e. The average molecular weight is 289 g/mol. The molecule has 3 nitrogen and oxygen atoms in total. The molecule has 0 unspecified atom stereocenters. The Bertz CT molecular complexity index is 454. The van der Waals surface area contributed by atoms with E-state index in [0.29, 0.717) is 0 Å². The van der Waals surface area contributed by atoms with Crippen molar-refractivity contribution in [1.82, 2.24) is 4.90 Å². The Kier molecular flexibility index (Phi) is 4.81. The lowest BCUT2D eigenvalue weighted by atomic mass is 9.79. The zero-order chi connectivity index (χ0) is 15.7. The third kappa shape index (κ3) is 3.68. The van der Waals surface area contributed by atoms with E-state index in [1.54, 1.807) is 0 Å². The van der Waals surface area contributed by atoms with E-state index in [9.17, 15) is 0 Å². The van der Waals surface area contributed by atoms with Crippen molar-refractivity contribution in [2.24, 2.45) is 0 Å². The summed E-state index contributed by atoms with van der Waals surface area (Å²) < 4.78 is 12.2. The number of nitrogens with zero attached hydrogens (tertiary/aromatic N) is 1. The van der Waals surface area contributed by atoms with Crippen LogP contribution < -0.4 is 5.46 Å². The second kappa shape index (κ2) is 6.11. The van der Waals surface area contributed by atoms with Crippen molar-refractivity contribution in [3.8, 4) is 0 Å². The molecule has 1 heterocycles. The van der Waals surface area contributed by atoms with Gasteiger partial charge in [0, 0.05) is 6.54 Å². The van der Waals surface area contributed by atoms with Crippen LogP contribution >= 0.6 is 0 Å². The van der Waals surface area contributed by atoms with Gasteiger partial charge in [0.2, 0.25) is 0 Å². The van der Waals surface area contributed by atoms with Gasteiger partial charge >= 0.3 is 7.12 Å². The summed E-state index contributed by atoms with van der Waals surface area (Å²) in [6.45, 7) is 12.7. The summed E-state index contributed by atoms with van der Waals surface area (Å²) in [6.07, 6.45) is 1.18. The second-order valence-corrected chi connectivity index (χ2v) is 7.07. The van der Waals surface area contributed by atoms with Crippen LogP contribution in [-0.4, -0.2) is 36.8 Å². The highest BCUT2D eigenvalue weighted by Gasteiger charge is 2.51. The fraction of sp³-hybridized carbons (Fsp3) is 0.647. The molecule has 1 fully saturated rings. The summed E-state index contributed by atoms with van der Waals surface area (Å²) in [5, 5.41) is 0. The fourth-order valence-electron chi connectivity index (χ4n) is 2.53. The topological polar surface area (TPSA) is 21.7 Å². The van der Waals surface area contributed by atoms with Gasteiger partial charge in [0.25, 0.3) is 0 Å². The van der Waals surface area contributed by atoms with Crippen molar-refractivity contribution in [3.05, 3.63) is 29.8 Å². The standard InChI is InChI=1S/C17H28BNO2/c1-7-12-19(6)13-14-8-10-15(11-9-14)18-20-16(2,3)17(4,5)21-18/h8-11H,7,12-13H2,1-6H3. The van der Waals surface area contributed by atoms with Crippen molar-refractivity contribution < 1.29 is 9.31 Å². The second-order valence-electron chi connectivity index (χ2n) is 7.07. The maximum atomic E-state index is 6.08. The molecule has 0 spiro atoms. The maximum Gasteiger partial charge on any atom is 0.494 e. The molecular formula is C17H28BNO2. The molecule has 1 aliphatic heterocycles. The van der Waals surface area contributed by atoms with Crippen LogP contribution in [0.15, 0.2) is 24.3 Å². The first-order valence-electron chi connectivity index (χ1n) is 7.88. The molecule has 0 N–H and O–H groups in total. The first kappa shape index (κ1) is 16.5. The van der Waals surface area contributed by atoms with Crippen molar-refractivity contribution >= 4 is 12.6 Å². The van der Waals surface area contributed by atoms with Gasteiger partial charge in [0.1, 0.15) is 0 Å². The zero-order valence-corrected chi connectivity index (χ0v) is 14.3. The lowest BCUT2D eigenvalue weighted by Gasteiger charge is -2.32. The Morgan fingerprint density at radius 2 is 1.52 bits per heavy atom. The Morgan fingerprint density at radius 3 is 2.00 bits per heavy atom. The van der Waals surface area contributed by atoms with E-state index >= 15 is 0 Å². The van der Waals surface area contributed by atoms with Crippen molar-refractivity contribution in [2.45, 2.75) is 58.8 Å². The summed E-state index contributed by atoms with van der Waals surface area (Å²) in [5.74, 6) is 0. The molecule has 4 heteroatoms. The minimum absolute atomic E-state index is 0.266. The summed E-state index contributed by atoms with van der Waals surface area (Å²) in [4.78, 5) is 2.34. The molecule has 1 aliphatic rings. The monoisotopic (exact) mass is 289 g/mol. The van der Waals surface area contributed by atoms with Crippen molar-refractivity contribution in [3.63, 3.8) is 0 Å². The molecule has 0 atom stereocenters. The molecule has 0 bridgehead atoms. The van der Waals surface area contributed by atoms with Crippen LogP contribution in [0.1, 0.15) is 46.6 Å². The Morgan fingerprint density at radius 1 is 1.00 bits per heavy atom. The van der Waals surface area contributed by atoms with Gasteiger partial charge in [-0.05, 0) is 58.7 Å². The molecule has 0 amide bonds. The number of hydrogen-bond donors (Lipinski definition) is 0. The van der Waals surface area contributed by atoms with E-state index in [1.807, 2.05) is 0 Å². The highest BCUT2D eigenvalue weighted by molar-refractivity contribution is 6.62. The normalized spacial score (nSPS) is 20.2. The van der Waals surface area contributed by atoms with Gasteiger partial charge in [-0.25, -0.2) is 0 Å². The molecule has 2 rings (SSSR count). The van der Waals surface area contributed by atoms with Gasteiger partial charge in [-0.15, -0.1) is 0 Å². The third-order valence-corrected chi connectivity index (χ3v) is 4.56. The number of rotatable bonds is 5. The predicted molar refractivity (Wildman–Crippen MR) is 88.8 cm³/mol. The van der Waals surface area contributed by atoms with Gasteiger partial charge in [-0.2, -0.15) is 0 Å². The maximum absolute atomic E-state index is 6.08. The van der Waals surface area contributed by atoms with E-state index in [2.05, 4.69) is 70.8 Å². The molecule has 0 radical (unpaired) electrons. The Hall–Kier alpha value is -0.835. The predicted octanol–water partition coefficient (Wildman–Crippen LogP) is 2.83. The van der Waals surface area contributed by atoms with E-state index in [-0.39, 0.29) is 18.3 Å².